The molecular weight excluding hydrogens is 316 g/mol. The van der Waals surface area contributed by atoms with E-state index in [1.807, 2.05) is 29.2 Å². The number of likely N-dealkylation sites (tertiary alicyclic amines) is 1. The Balaban J connectivity index is 1.49. The Bertz CT molecular complexity index is 885. The molecule has 0 N–H and O–H groups in total. The maximum atomic E-state index is 12.9. The molecule has 0 saturated carbocycles. The summed E-state index contributed by atoms with van der Waals surface area (Å²) < 4.78 is 5.99. The molecule has 2 aromatic heterocycles. The van der Waals surface area contributed by atoms with Gasteiger partial charge in [-0.1, -0.05) is 0 Å². The van der Waals surface area contributed by atoms with Crippen molar-refractivity contribution < 1.29 is 9.53 Å². The van der Waals surface area contributed by atoms with Gasteiger partial charge in [0.1, 0.15) is 11.9 Å². The number of carbonyl (C=O) groups excluding carboxylic acids is 1. The topological polar surface area (TPSA) is 68.2 Å². The molecule has 6 nitrogen and oxygen atoms in total. The molecule has 1 atom stereocenters. The summed E-state index contributed by atoms with van der Waals surface area (Å²) in [6.45, 7) is 1.33. The Hall–Kier alpha value is -3.02. The number of hydrogen-bond acceptors (Lipinski definition) is 5. The number of aromatic nitrogens is 3. The number of nitrogens with zero attached hydrogens (tertiary/aromatic N) is 4. The fourth-order valence-electron chi connectivity index (χ4n) is 3.11. The molecule has 25 heavy (non-hydrogen) atoms. The molecule has 0 bridgehead atoms. The van der Waals surface area contributed by atoms with Crippen molar-refractivity contribution in [2.45, 2.75) is 18.9 Å². The summed E-state index contributed by atoms with van der Waals surface area (Å²) in [5, 5.41) is 0. The lowest BCUT2D eigenvalue weighted by Crippen LogP contribution is -2.44. The second-order valence-electron chi connectivity index (χ2n) is 6.08. The van der Waals surface area contributed by atoms with Gasteiger partial charge in [0.2, 0.25) is 0 Å². The van der Waals surface area contributed by atoms with E-state index in [0.29, 0.717) is 12.1 Å². The highest BCUT2D eigenvalue weighted by molar-refractivity contribution is 5.97. The predicted octanol–water partition coefficient (Wildman–Crippen LogP) is 2.71. The third kappa shape index (κ3) is 3.42. The first-order chi connectivity index (χ1) is 12.3. The van der Waals surface area contributed by atoms with E-state index in [-0.39, 0.29) is 12.0 Å². The number of carbonyl (C=O) groups is 1. The molecule has 126 valence electrons. The molecule has 3 heterocycles. The van der Waals surface area contributed by atoms with Crippen molar-refractivity contribution in [3.05, 3.63) is 60.7 Å². The number of pyridine rings is 1. The molecule has 0 aliphatic carbocycles. The summed E-state index contributed by atoms with van der Waals surface area (Å²) in [7, 11) is 0. The molecule has 1 unspecified atom stereocenters. The van der Waals surface area contributed by atoms with E-state index in [1.54, 1.807) is 30.9 Å². The van der Waals surface area contributed by atoms with Crippen LogP contribution in [0.2, 0.25) is 0 Å². The van der Waals surface area contributed by atoms with Crippen LogP contribution < -0.4 is 4.74 Å². The lowest BCUT2D eigenvalue weighted by Gasteiger charge is -2.33. The van der Waals surface area contributed by atoms with Crippen LogP contribution >= 0.6 is 0 Å². The average molecular weight is 334 g/mol. The van der Waals surface area contributed by atoms with E-state index >= 15 is 0 Å². The maximum absolute atomic E-state index is 12.9. The Morgan fingerprint density at radius 3 is 2.68 bits per heavy atom. The molecule has 1 aliphatic rings. The quantitative estimate of drug-likeness (QED) is 0.737. The van der Waals surface area contributed by atoms with Crippen molar-refractivity contribution in [1.82, 2.24) is 19.9 Å². The smallest absolute Gasteiger partial charge is 0.254 e. The zero-order valence-electron chi connectivity index (χ0n) is 13.7. The summed E-state index contributed by atoms with van der Waals surface area (Å²) in [5.74, 6) is 0.797. The molecule has 3 aromatic rings. The fourth-order valence-corrected chi connectivity index (χ4v) is 3.11. The van der Waals surface area contributed by atoms with E-state index in [0.717, 1.165) is 36.2 Å². The van der Waals surface area contributed by atoms with Crippen molar-refractivity contribution in [3.63, 3.8) is 0 Å². The maximum Gasteiger partial charge on any atom is 0.254 e. The second kappa shape index (κ2) is 6.84. The third-order valence-electron chi connectivity index (χ3n) is 4.33. The van der Waals surface area contributed by atoms with Crippen LogP contribution in [0.25, 0.3) is 11.0 Å². The number of piperidine rings is 1. The van der Waals surface area contributed by atoms with Crippen molar-refractivity contribution in [1.29, 1.82) is 0 Å². The zero-order chi connectivity index (χ0) is 17.1. The van der Waals surface area contributed by atoms with E-state index < -0.39 is 0 Å². The van der Waals surface area contributed by atoms with Crippen LogP contribution in [0, 0.1) is 0 Å². The lowest BCUT2D eigenvalue weighted by molar-refractivity contribution is 0.0538. The van der Waals surface area contributed by atoms with Gasteiger partial charge in [0.05, 0.1) is 17.6 Å². The Labute approximate surface area is 145 Å². The van der Waals surface area contributed by atoms with Crippen LogP contribution in [0.1, 0.15) is 23.2 Å². The van der Waals surface area contributed by atoms with Gasteiger partial charge in [0.15, 0.2) is 0 Å². The van der Waals surface area contributed by atoms with Crippen LogP contribution in [0.4, 0.5) is 0 Å². The number of ether oxygens (including phenoxy) is 1. The van der Waals surface area contributed by atoms with Gasteiger partial charge in [0, 0.05) is 36.9 Å². The molecule has 6 heteroatoms. The SMILES string of the molecule is O=C(c1ccc2nccnc2c1)N1CCCC(Oc2ccncc2)C1. The minimum Gasteiger partial charge on any atom is -0.488 e. The molecule has 0 radical (unpaired) electrons. The van der Waals surface area contributed by atoms with Crippen molar-refractivity contribution in [3.8, 4) is 5.75 Å². The molecule has 0 spiro atoms. The molecule has 1 aromatic carbocycles. The molecule has 1 amide bonds. The van der Waals surface area contributed by atoms with Gasteiger partial charge < -0.3 is 9.64 Å². The highest BCUT2D eigenvalue weighted by Crippen LogP contribution is 2.20. The first kappa shape index (κ1) is 15.5. The Morgan fingerprint density at radius 1 is 1.04 bits per heavy atom. The van der Waals surface area contributed by atoms with Crippen LogP contribution in [0.3, 0.4) is 0 Å². The predicted molar refractivity (Wildman–Crippen MR) is 93.3 cm³/mol. The largest absolute Gasteiger partial charge is 0.488 e. The van der Waals surface area contributed by atoms with Gasteiger partial charge in [-0.05, 0) is 43.2 Å². The van der Waals surface area contributed by atoms with Gasteiger partial charge in [-0.25, -0.2) is 0 Å². The third-order valence-corrected chi connectivity index (χ3v) is 4.33. The van der Waals surface area contributed by atoms with Crippen LogP contribution in [0.15, 0.2) is 55.1 Å². The lowest BCUT2D eigenvalue weighted by atomic mass is 10.1. The Kier molecular flexibility index (Phi) is 4.24. The zero-order valence-corrected chi connectivity index (χ0v) is 13.7. The van der Waals surface area contributed by atoms with Gasteiger partial charge in [-0.3, -0.25) is 19.7 Å². The fraction of sp³-hybridized carbons (Fsp3) is 0.263. The highest BCUT2D eigenvalue weighted by atomic mass is 16.5. The van der Waals surface area contributed by atoms with Gasteiger partial charge in [0.25, 0.3) is 5.91 Å². The average Bonchev–Trinajstić information content (AvgIpc) is 2.68. The van der Waals surface area contributed by atoms with Crippen molar-refractivity contribution in [2.24, 2.45) is 0 Å². The molecule has 1 fully saturated rings. The van der Waals surface area contributed by atoms with E-state index in [4.69, 9.17) is 4.74 Å². The minimum atomic E-state index is 0.000322. The number of rotatable bonds is 3. The minimum absolute atomic E-state index is 0.000322. The van der Waals surface area contributed by atoms with Crippen LogP contribution in [-0.4, -0.2) is 45.0 Å². The summed E-state index contributed by atoms with van der Waals surface area (Å²) in [5.41, 5.74) is 2.16. The van der Waals surface area contributed by atoms with Gasteiger partial charge in [-0.2, -0.15) is 0 Å². The van der Waals surface area contributed by atoms with Crippen LogP contribution in [0.5, 0.6) is 5.75 Å². The number of benzene rings is 1. The standard InChI is InChI=1S/C19H18N4O2/c24-19(14-3-4-17-18(12-14)22-10-9-21-17)23-11-1-2-16(13-23)25-15-5-7-20-8-6-15/h3-10,12,16H,1-2,11,13H2. The first-order valence-corrected chi connectivity index (χ1v) is 8.36. The molecular formula is C19H18N4O2. The molecule has 1 saturated heterocycles. The summed E-state index contributed by atoms with van der Waals surface area (Å²) in [6.07, 6.45) is 8.56. The first-order valence-electron chi connectivity index (χ1n) is 8.36. The van der Waals surface area contributed by atoms with Crippen molar-refractivity contribution >= 4 is 16.9 Å². The van der Waals surface area contributed by atoms with E-state index in [9.17, 15) is 4.79 Å². The Morgan fingerprint density at radius 2 is 1.84 bits per heavy atom. The monoisotopic (exact) mass is 334 g/mol. The van der Waals surface area contributed by atoms with E-state index in [1.165, 1.54) is 0 Å². The van der Waals surface area contributed by atoms with Gasteiger partial charge in [-0.15, -0.1) is 0 Å². The summed E-state index contributed by atoms with van der Waals surface area (Å²) >= 11 is 0. The normalized spacial score (nSPS) is 17.4. The number of amides is 1. The van der Waals surface area contributed by atoms with Crippen molar-refractivity contribution in [2.75, 3.05) is 13.1 Å². The summed E-state index contributed by atoms with van der Waals surface area (Å²) in [4.78, 5) is 27.2. The van der Waals surface area contributed by atoms with E-state index in [2.05, 4.69) is 15.0 Å². The number of fused-ring (bicyclic) bond motifs is 1. The van der Waals surface area contributed by atoms with Gasteiger partial charge >= 0.3 is 0 Å². The molecule has 1 aliphatic heterocycles. The second-order valence-corrected chi connectivity index (χ2v) is 6.08. The number of hydrogen-bond donors (Lipinski definition) is 0. The summed E-state index contributed by atoms with van der Waals surface area (Å²) in [6, 6.07) is 9.13. The highest BCUT2D eigenvalue weighted by Gasteiger charge is 2.26. The molecule has 4 rings (SSSR count). The van der Waals surface area contributed by atoms with Crippen LogP contribution in [-0.2, 0) is 0 Å².